The number of rotatable bonds is 11. The van der Waals surface area contributed by atoms with Gasteiger partial charge in [0, 0.05) is 12.3 Å². The van der Waals surface area contributed by atoms with Crippen LogP contribution in [0.25, 0.3) is 0 Å². The SMILES string of the molecule is CCC(c1ccccc1)C(CC(c1ccccc1)C(C[P+]1=CCCCC1)c1ccccc1)c1ccccc1. The number of hydrogen-bond acceptors (Lipinski definition) is 0. The van der Waals surface area contributed by atoms with E-state index in [1.165, 1.54) is 53.8 Å². The Morgan fingerprint density at radius 2 is 0.947 bits per heavy atom. The largest absolute Gasteiger partial charge is 0.113 e. The van der Waals surface area contributed by atoms with Gasteiger partial charge in [-0.25, -0.2) is 0 Å². The van der Waals surface area contributed by atoms with Crippen molar-refractivity contribution in [3.63, 3.8) is 0 Å². The highest BCUT2D eigenvalue weighted by Gasteiger charge is 2.35. The second kappa shape index (κ2) is 13.7. The maximum Gasteiger partial charge on any atom is 0.113 e. The average molecular weight is 518 g/mol. The first-order valence-corrected chi connectivity index (χ1v) is 16.4. The lowest BCUT2D eigenvalue weighted by Crippen LogP contribution is -2.21. The van der Waals surface area contributed by atoms with Crippen molar-refractivity contribution in [2.24, 2.45) is 0 Å². The van der Waals surface area contributed by atoms with E-state index in [-0.39, 0.29) is 7.55 Å². The van der Waals surface area contributed by atoms with Crippen molar-refractivity contribution in [3.8, 4) is 0 Å². The second-order valence-electron chi connectivity index (χ2n) is 10.9. The van der Waals surface area contributed by atoms with Crippen LogP contribution in [0, 0.1) is 0 Å². The molecule has 0 bridgehead atoms. The zero-order valence-electron chi connectivity index (χ0n) is 22.8. The highest BCUT2D eigenvalue weighted by molar-refractivity contribution is 7.57. The zero-order chi connectivity index (χ0) is 26.0. The molecule has 1 heterocycles. The van der Waals surface area contributed by atoms with Gasteiger partial charge in [-0.05, 0) is 65.7 Å². The lowest BCUT2D eigenvalue weighted by atomic mass is 9.70. The van der Waals surface area contributed by atoms with Crippen LogP contribution >= 0.6 is 7.55 Å². The predicted molar refractivity (Wildman–Crippen MR) is 168 cm³/mol. The highest BCUT2D eigenvalue weighted by atomic mass is 31.1. The molecule has 5 atom stereocenters. The van der Waals surface area contributed by atoms with Crippen molar-refractivity contribution in [2.75, 3.05) is 12.3 Å². The average Bonchev–Trinajstić information content (AvgIpc) is 3.01. The van der Waals surface area contributed by atoms with Crippen LogP contribution in [-0.2, 0) is 0 Å². The Balaban J connectivity index is 1.60. The minimum Gasteiger partial charge on any atom is -0.0648 e. The smallest absolute Gasteiger partial charge is 0.0648 e. The lowest BCUT2D eigenvalue weighted by molar-refractivity contribution is 0.420. The Bertz CT molecular complexity index is 1250. The minimum absolute atomic E-state index is 0.0246. The topological polar surface area (TPSA) is 0 Å². The van der Waals surface area contributed by atoms with Crippen LogP contribution < -0.4 is 0 Å². The molecule has 0 aromatic heterocycles. The maximum absolute atomic E-state index is 2.70. The van der Waals surface area contributed by atoms with Crippen molar-refractivity contribution < 1.29 is 0 Å². The van der Waals surface area contributed by atoms with Gasteiger partial charge in [0.15, 0.2) is 0 Å². The Labute approximate surface area is 231 Å². The molecule has 0 saturated heterocycles. The molecule has 1 aliphatic rings. The van der Waals surface area contributed by atoms with E-state index in [2.05, 4.69) is 134 Å². The fourth-order valence-electron chi connectivity index (χ4n) is 6.60. The first-order chi connectivity index (χ1) is 18.8. The molecule has 0 N–H and O–H groups in total. The highest BCUT2D eigenvalue weighted by Crippen LogP contribution is 2.49. The molecule has 0 amide bonds. The van der Waals surface area contributed by atoms with E-state index in [0.29, 0.717) is 23.7 Å². The molecular formula is C37H42P+. The van der Waals surface area contributed by atoms with Gasteiger partial charge in [0.1, 0.15) is 12.3 Å². The van der Waals surface area contributed by atoms with Crippen LogP contribution in [0.2, 0.25) is 0 Å². The Hall–Kier alpha value is -2.95. The fraction of sp³-hybridized carbons (Fsp3) is 0.324. The first-order valence-electron chi connectivity index (χ1n) is 14.6. The molecule has 38 heavy (non-hydrogen) atoms. The predicted octanol–water partition coefficient (Wildman–Crippen LogP) is 10.4. The molecule has 5 unspecified atom stereocenters. The van der Waals surface area contributed by atoms with Crippen LogP contribution in [0.15, 0.2) is 121 Å². The summed E-state index contributed by atoms with van der Waals surface area (Å²) < 4.78 is 0. The summed E-state index contributed by atoms with van der Waals surface area (Å²) in [5.41, 5.74) is 5.96. The third-order valence-electron chi connectivity index (χ3n) is 8.55. The summed E-state index contributed by atoms with van der Waals surface area (Å²) in [6, 6.07) is 45.5. The van der Waals surface area contributed by atoms with Gasteiger partial charge in [0.05, 0.1) is 13.3 Å². The van der Waals surface area contributed by atoms with Crippen molar-refractivity contribution in [1.29, 1.82) is 0 Å². The number of benzene rings is 4. The van der Waals surface area contributed by atoms with E-state index in [4.69, 9.17) is 0 Å². The fourth-order valence-corrected chi connectivity index (χ4v) is 9.26. The summed E-state index contributed by atoms with van der Waals surface area (Å²) in [6.45, 7) is 2.38. The van der Waals surface area contributed by atoms with Gasteiger partial charge in [0.25, 0.3) is 0 Å². The molecule has 5 rings (SSSR count). The van der Waals surface area contributed by atoms with E-state index < -0.39 is 0 Å². The van der Waals surface area contributed by atoms with E-state index in [1.54, 1.807) is 0 Å². The third kappa shape index (κ3) is 6.73. The van der Waals surface area contributed by atoms with Gasteiger partial charge in [-0.1, -0.05) is 128 Å². The van der Waals surface area contributed by atoms with Crippen LogP contribution in [0.5, 0.6) is 0 Å². The molecule has 1 aliphatic heterocycles. The van der Waals surface area contributed by atoms with Crippen molar-refractivity contribution >= 4 is 13.3 Å². The molecule has 0 nitrogen and oxygen atoms in total. The van der Waals surface area contributed by atoms with Gasteiger partial charge >= 0.3 is 0 Å². The standard InChI is InChI=1S/C37H42P/c1-2-34(30-18-8-3-9-19-30)35(31-20-10-4-11-21-31)28-36(32-22-12-5-13-23-32)37(33-24-14-6-15-25-33)29-38-26-16-7-17-27-38/h3-6,8-15,18-26,34-37H,2,7,16-17,27-29H2,1H3/q+1. The number of hydrogen-bond donors (Lipinski definition) is 0. The molecule has 0 aliphatic carbocycles. The molecule has 0 fully saturated rings. The van der Waals surface area contributed by atoms with E-state index in [0.717, 1.165) is 12.8 Å². The first kappa shape index (κ1) is 26.6. The van der Waals surface area contributed by atoms with Crippen LogP contribution in [0.1, 0.15) is 85.0 Å². The molecule has 0 saturated carbocycles. The van der Waals surface area contributed by atoms with Gasteiger partial charge in [-0.15, -0.1) is 0 Å². The van der Waals surface area contributed by atoms with Gasteiger partial charge < -0.3 is 0 Å². The maximum atomic E-state index is 2.70. The summed E-state index contributed by atoms with van der Waals surface area (Å²) in [4.78, 5) is 0. The second-order valence-corrected chi connectivity index (χ2v) is 13.2. The van der Waals surface area contributed by atoms with Crippen molar-refractivity contribution in [2.45, 2.75) is 62.7 Å². The van der Waals surface area contributed by atoms with Crippen LogP contribution in [0.4, 0.5) is 0 Å². The Morgan fingerprint density at radius 1 is 0.526 bits per heavy atom. The Morgan fingerprint density at radius 3 is 1.37 bits per heavy atom. The van der Waals surface area contributed by atoms with Gasteiger partial charge in [-0.2, -0.15) is 0 Å². The molecule has 0 radical (unpaired) electrons. The molecule has 1 heteroatoms. The minimum atomic E-state index is -0.0246. The summed E-state index contributed by atoms with van der Waals surface area (Å²) >= 11 is 0. The monoisotopic (exact) mass is 517 g/mol. The normalized spacial score (nSPS) is 17.7. The summed E-state index contributed by atoms with van der Waals surface area (Å²) in [7, 11) is -0.0246. The zero-order valence-corrected chi connectivity index (χ0v) is 23.7. The van der Waals surface area contributed by atoms with Gasteiger partial charge in [0.2, 0.25) is 0 Å². The van der Waals surface area contributed by atoms with Crippen molar-refractivity contribution in [3.05, 3.63) is 144 Å². The van der Waals surface area contributed by atoms with Crippen molar-refractivity contribution in [1.82, 2.24) is 0 Å². The molecular weight excluding hydrogens is 475 g/mol. The molecule has 194 valence electrons. The molecule has 4 aromatic carbocycles. The molecule has 0 spiro atoms. The molecule has 4 aromatic rings. The lowest BCUT2D eigenvalue weighted by Gasteiger charge is -2.34. The van der Waals surface area contributed by atoms with E-state index in [9.17, 15) is 0 Å². The summed E-state index contributed by atoms with van der Waals surface area (Å²) in [5, 5.41) is 0. The van der Waals surface area contributed by atoms with E-state index >= 15 is 0 Å². The quantitative estimate of drug-likeness (QED) is 0.174. The van der Waals surface area contributed by atoms with Gasteiger partial charge in [-0.3, -0.25) is 0 Å². The summed E-state index contributed by atoms with van der Waals surface area (Å²) in [6.07, 6.45) is 9.10. The third-order valence-corrected chi connectivity index (χ3v) is 11.1. The van der Waals surface area contributed by atoms with Crippen LogP contribution in [-0.4, -0.2) is 18.1 Å². The Kier molecular flexibility index (Phi) is 9.63. The van der Waals surface area contributed by atoms with Crippen LogP contribution in [0.3, 0.4) is 0 Å². The summed E-state index contributed by atoms with van der Waals surface area (Å²) in [5.74, 6) is 4.65. The van der Waals surface area contributed by atoms with E-state index in [1.807, 2.05) is 0 Å².